The minimum atomic E-state index is -0.396. The molecule has 1 heterocycles. The van der Waals surface area contributed by atoms with Crippen molar-refractivity contribution >= 4 is 5.69 Å². The Morgan fingerprint density at radius 1 is 1.16 bits per heavy atom. The summed E-state index contributed by atoms with van der Waals surface area (Å²) in [6, 6.07) is 15.1. The summed E-state index contributed by atoms with van der Waals surface area (Å²) in [5.41, 5.74) is 10.1. The topological polar surface area (TPSA) is 81.0 Å². The van der Waals surface area contributed by atoms with Gasteiger partial charge in [0.1, 0.15) is 5.75 Å². The summed E-state index contributed by atoms with van der Waals surface area (Å²) in [6.07, 6.45) is 0.914. The van der Waals surface area contributed by atoms with Crippen LogP contribution in [0.3, 0.4) is 0 Å². The van der Waals surface area contributed by atoms with Gasteiger partial charge in [0.2, 0.25) is 0 Å². The first-order valence-electron chi connectivity index (χ1n) is 8.28. The highest BCUT2D eigenvalue weighted by Crippen LogP contribution is 2.30. The molecule has 2 aromatic carbocycles. The average Bonchev–Trinajstić information content (AvgIpc) is 2.62. The van der Waals surface area contributed by atoms with E-state index in [4.69, 9.17) is 10.5 Å². The smallest absolute Gasteiger partial charge is 0.345 e. The van der Waals surface area contributed by atoms with Crippen molar-refractivity contribution in [2.24, 2.45) is 0 Å². The molecule has 0 aliphatic heterocycles. The van der Waals surface area contributed by atoms with Gasteiger partial charge in [-0.15, -0.1) is 0 Å². The fourth-order valence-electron chi connectivity index (χ4n) is 2.61. The van der Waals surface area contributed by atoms with Gasteiger partial charge < -0.3 is 15.5 Å². The molecule has 0 bridgehead atoms. The molecule has 5 nitrogen and oxygen atoms in total. The Kier molecular flexibility index (Phi) is 4.84. The molecule has 3 aromatic rings. The number of para-hydroxylation sites is 1. The van der Waals surface area contributed by atoms with E-state index >= 15 is 0 Å². The quantitative estimate of drug-likeness (QED) is 0.695. The molecule has 0 fully saturated rings. The minimum Gasteiger partial charge on any atom is -0.493 e. The highest BCUT2D eigenvalue weighted by Gasteiger charge is 2.10. The molecule has 0 atom stereocenters. The van der Waals surface area contributed by atoms with E-state index in [0.717, 1.165) is 28.9 Å². The zero-order chi connectivity index (χ0) is 17.8. The van der Waals surface area contributed by atoms with Gasteiger partial charge in [-0.05, 0) is 49.2 Å². The van der Waals surface area contributed by atoms with Gasteiger partial charge in [0.25, 0.3) is 0 Å². The van der Waals surface area contributed by atoms with Gasteiger partial charge in [-0.2, -0.15) is 4.98 Å². The van der Waals surface area contributed by atoms with Gasteiger partial charge >= 0.3 is 5.69 Å². The van der Waals surface area contributed by atoms with Crippen LogP contribution in [0.5, 0.6) is 5.75 Å². The Hall–Kier alpha value is -3.08. The lowest BCUT2D eigenvalue weighted by Crippen LogP contribution is -2.12. The summed E-state index contributed by atoms with van der Waals surface area (Å²) in [4.78, 5) is 19.0. The summed E-state index contributed by atoms with van der Waals surface area (Å²) < 4.78 is 5.80. The molecule has 1 aromatic heterocycles. The number of nitrogens with two attached hydrogens (primary N) is 1. The van der Waals surface area contributed by atoms with E-state index in [2.05, 4.69) is 16.9 Å². The van der Waals surface area contributed by atoms with Crippen LogP contribution in [0.1, 0.15) is 18.9 Å². The first-order valence-corrected chi connectivity index (χ1v) is 8.28. The molecule has 0 unspecified atom stereocenters. The second-order valence-corrected chi connectivity index (χ2v) is 5.90. The third-order valence-corrected chi connectivity index (χ3v) is 3.95. The van der Waals surface area contributed by atoms with E-state index in [1.165, 1.54) is 0 Å². The van der Waals surface area contributed by atoms with Crippen LogP contribution >= 0.6 is 0 Å². The predicted octanol–water partition coefficient (Wildman–Crippen LogP) is 3.78. The standard InChI is InChI=1S/C20H21N3O2/c1-3-10-25-19-7-5-4-6-15(19)18-12-17(22-20(24)23-18)14-8-9-16(21)13(2)11-14/h4-9,11-12H,3,10,21H2,1-2H3,(H,22,23,24). The lowest BCUT2D eigenvalue weighted by Gasteiger charge is -2.12. The van der Waals surface area contributed by atoms with Gasteiger partial charge in [-0.3, -0.25) is 0 Å². The van der Waals surface area contributed by atoms with Crippen molar-refractivity contribution in [1.82, 2.24) is 9.97 Å². The maximum absolute atomic E-state index is 12.1. The first kappa shape index (κ1) is 16.8. The SMILES string of the molecule is CCCOc1ccccc1-c1cc(-c2ccc(N)c(C)c2)nc(=O)[nH]1. The monoisotopic (exact) mass is 335 g/mol. The van der Waals surface area contributed by atoms with E-state index < -0.39 is 5.69 Å². The Morgan fingerprint density at radius 3 is 2.72 bits per heavy atom. The van der Waals surface area contributed by atoms with Gasteiger partial charge in [0, 0.05) is 16.8 Å². The number of H-pyrrole nitrogens is 1. The van der Waals surface area contributed by atoms with Crippen LogP contribution in [0.15, 0.2) is 53.3 Å². The molecule has 3 N–H and O–H groups in total. The number of nitrogen functional groups attached to an aromatic ring is 1. The zero-order valence-corrected chi connectivity index (χ0v) is 14.4. The number of anilines is 1. The fraction of sp³-hybridized carbons (Fsp3) is 0.200. The number of aromatic amines is 1. The van der Waals surface area contributed by atoms with Gasteiger partial charge in [0.15, 0.2) is 0 Å². The summed E-state index contributed by atoms with van der Waals surface area (Å²) >= 11 is 0. The van der Waals surface area contributed by atoms with Crippen LogP contribution in [-0.2, 0) is 0 Å². The molecule has 0 spiro atoms. The second-order valence-electron chi connectivity index (χ2n) is 5.90. The van der Waals surface area contributed by atoms with Crippen molar-refractivity contribution in [3.63, 3.8) is 0 Å². The van der Waals surface area contributed by atoms with Crippen molar-refractivity contribution < 1.29 is 4.74 Å². The van der Waals surface area contributed by atoms with Crippen LogP contribution in [0.4, 0.5) is 5.69 Å². The third kappa shape index (κ3) is 3.71. The molecule has 5 heteroatoms. The van der Waals surface area contributed by atoms with Crippen LogP contribution in [-0.4, -0.2) is 16.6 Å². The molecule has 0 saturated carbocycles. The minimum absolute atomic E-state index is 0.396. The summed E-state index contributed by atoms with van der Waals surface area (Å²) in [7, 11) is 0. The normalized spacial score (nSPS) is 10.6. The number of hydrogen-bond acceptors (Lipinski definition) is 4. The molecule has 0 amide bonds. The average molecular weight is 335 g/mol. The fourth-order valence-corrected chi connectivity index (χ4v) is 2.61. The summed E-state index contributed by atoms with van der Waals surface area (Å²) in [5, 5.41) is 0. The van der Waals surface area contributed by atoms with Gasteiger partial charge in [-0.1, -0.05) is 25.1 Å². The molecule has 0 aliphatic rings. The molecule has 128 valence electrons. The molecular weight excluding hydrogens is 314 g/mol. The van der Waals surface area contributed by atoms with Gasteiger partial charge in [-0.25, -0.2) is 4.79 Å². The summed E-state index contributed by atoms with van der Waals surface area (Å²) in [6.45, 7) is 4.61. The molecule has 25 heavy (non-hydrogen) atoms. The van der Waals surface area contributed by atoms with Crippen molar-refractivity contribution in [1.29, 1.82) is 0 Å². The van der Waals surface area contributed by atoms with Crippen LogP contribution in [0, 0.1) is 6.92 Å². The largest absolute Gasteiger partial charge is 0.493 e. The Balaban J connectivity index is 2.09. The Bertz CT molecular complexity index is 948. The molecule has 0 aliphatic carbocycles. The number of ether oxygens (including phenoxy) is 1. The van der Waals surface area contributed by atoms with Crippen molar-refractivity contribution in [3.8, 4) is 28.3 Å². The van der Waals surface area contributed by atoms with Crippen molar-refractivity contribution in [2.45, 2.75) is 20.3 Å². The number of nitrogens with one attached hydrogen (secondary N) is 1. The van der Waals surface area contributed by atoms with E-state index in [1.54, 1.807) is 0 Å². The maximum Gasteiger partial charge on any atom is 0.345 e. The Morgan fingerprint density at radius 2 is 1.96 bits per heavy atom. The second kappa shape index (κ2) is 7.21. The Labute approximate surface area is 146 Å². The number of benzene rings is 2. The van der Waals surface area contributed by atoms with Crippen molar-refractivity contribution in [3.05, 3.63) is 64.6 Å². The predicted molar refractivity (Wildman–Crippen MR) is 101 cm³/mol. The van der Waals surface area contributed by atoms with Crippen LogP contribution in [0.25, 0.3) is 22.5 Å². The highest BCUT2D eigenvalue weighted by atomic mass is 16.5. The number of rotatable bonds is 5. The van der Waals surface area contributed by atoms with Gasteiger partial charge in [0.05, 0.1) is 18.0 Å². The number of hydrogen-bond donors (Lipinski definition) is 2. The van der Waals surface area contributed by atoms with E-state index in [0.29, 0.717) is 23.7 Å². The molecular formula is C20H21N3O2. The van der Waals surface area contributed by atoms with Crippen molar-refractivity contribution in [2.75, 3.05) is 12.3 Å². The van der Waals surface area contributed by atoms with E-state index in [1.807, 2.05) is 55.5 Å². The molecule has 0 radical (unpaired) electrons. The lowest BCUT2D eigenvalue weighted by molar-refractivity contribution is 0.318. The number of aromatic nitrogens is 2. The zero-order valence-electron chi connectivity index (χ0n) is 14.4. The highest BCUT2D eigenvalue weighted by molar-refractivity contribution is 5.72. The van der Waals surface area contributed by atoms with E-state index in [-0.39, 0.29) is 0 Å². The molecule has 3 rings (SSSR count). The summed E-state index contributed by atoms with van der Waals surface area (Å²) in [5.74, 6) is 0.741. The maximum atomic E-state index is 12.1. The lowest BCUT2D eigenvalue weighted by atomic mass is 10.0. The van der Waals surface area contributed by atoms with E-state index in [9.17, 15) is 4.79 Å². The third-order valence-electron chi connectivity index (χ3n) is 3.95. The number of nitrogens with zero attached hydrogens (tertiary/aromatic N) is 1. The van der Waals surface area contributed by atoms with Crippen LogP contribution in [0.2, 0.25) is 0 Å². The number of aryl methyl sites for hydroxylation is 1. The molecule has 0 saturated heterocycles. The first-order chi connectivity index (χ1) is 12.1. The van der Waals surface area contributed by atoms with Crippen LogP contribution < -0.4 is 16.2 Å².